The molecule has 0 saturated heterocycles. The van der Waals surface area contributed by atoms with Crippen LogP contribution in [0.2, 0.25) is 0 Å². The number of methoxy groups -OCH3 is 2. The number of anilines is 2. The fourth-order valence-corrected chi connectivity index (χ4v) is 4.12. The van der Waals surface area contributed by atoms with Crippen molar-refractivity contribution in [3.63, 3.8) is 0 Å². The monoisotopic (exact) mass is 468 g/mol. The van der Waals surface area contributed by atoms with Gasteiger partial charge in [0.25, 0.3) is 5.91 Å². The Bertz CT molecular complexity index is 1410. The molecule has 1 aliphatic rings. The van der Waals surface area contributed by atoms with E-state index < -0.39 is 6.04 Å². The van der Waals surface area contributed by atoms with Crippen LogP contribution in [0.1, 0.15) is 18.5 Å². The number of aromatic nitrogens is 4. The molecule has 2 aromatic heterocycles. The first kappa shape index (κ1) is 22.1. The highest BCUT2D eigenvalue weighted by Gasteiger charge is 2.34. The summed E-state index contributed by atoms with van der Waals surface area (Å²) in [6, 6.07) is 18.1. The van der Waals surface area contributed by atoms with Gasteiger partial charge in [-0.3, -0.25) is 9.78 Å². The summed E-state index contributed by atoms with van der Waals surface area (Å²) >= 11 is 0. The van der Waals surface area contributed by atoms with Crippen molar-refractivity contribution in [3.8, 4) is 22.9 Å². The number of allylic oxidation sites excluding steroid dienone is 1. The van der Waals surface area contributed by atoms with Gasteiger partial charge in [-0.2, -0.15) is 4.98 Å². The molecule has 35 heavy (non-hydrogen) atoms. The summed E-state index contributed by atoms with van der Waals surface area (Å²) in [5.41, 5.74) is 3.43. The zero-order valence-electron chi connectivity index (χ0n) is 19.5. The van der Waals surface area contributed by atoms with Gasteiger partial charge < -0.3 is 20.1 Å². The molecule has 0 fully saturated rings. The number of hydrogen-bond acceptors (Lipinski definition) is 7. The number of pyridine rings is 1. The van der Waals surface area contributed by atoms with Gasteiger partial charge in [-0.1, -0.05) is 24.3 Å². The third-order valence-electron chi connectivity index (χ3n) is 5.80. The summed E-state index contributed by atoms with van der Waals surface area (Å²) < 4.78 is 12.5. The van der Waals surface area contributed by atoms with Crippen molar-refractivity contribution < 1.29 is 14.3 Å². The number of para-hydroxylation sites is 2. The lowest BCUT2D eigenvalue weighted by molar-refractivity contribution is -0.113. The highest BCUT2D eigenvalue weighted by atomic mass is 16.5. The smallest absolute Gasteiger partial charge is 0.255 e. The molecule has 9 heteroatoms. The number of nitrogens with zero attached hydrogens (tertiary/aromatic N) is 4. The fourth-order valence-electron chi connectivity index (χ4n) is 4.12. The Hall–Kier alpha value is -4.66. The SMILES string of the molecule is COc1cccc(-c2nc3n(n2)C(c2ccncc2)C(C(=O)Nc2ccccc2OC)=C(C)N3)c1. The predicted octanol–water partition coefficient (Wildman–Crippen LogP) is 4.28. The van der Waals surface area contributed by atoms with E-state index in [9.17, 15) is 4.79 Å². The van der Waals surface area contributed by atoms with Crippen molar-refractivity contribution in [1.82, 2.24) is 19.7 Å². The van der Waals surface area contributed by atoms with Crippen LogP contribution in [0, 0.1) is 0 Å². The first-order valence-corrected chi connectivity index (χ1v) is 11.0. The van der Waals surface area contributed by atoms with Crippen LogP contribution in [-0.2, 0) is 4.79 Å². The van der Waals surface area contributed by atoms with Gasteiger partial charge in [-0.25, -0.2) is 4.68 Å². The average Bonchev–Trinajstić information content (AvgIpc) is 3.32. The maximum Gasteiger partial charge on any atom is 0.255 e. The van der Waals surface area contributed by atoms with E-state index in [2.05, 4.69) is 15.6 Å². The summed E-state index contributed by atoms with van der Waals surface area (Å²) in [6.07, 6.45) is 3.39. The molecule has 1 aliphatic heterocycles. The second-order valence-corrected chi connectivity index (χ2v) is 7.94. The number of carbonyl (C=O) groups excluding carboxylic acids is 1. The minimum Gasteiger partial charge on any atom is -0.497 e. The largest absolute Gasteiger partial charge is 0.497 e. The Labute approximate surface area is 202 Å². The normalized spacial score (nSPS) is 14.7. The molecule has 0 radical (unpaired) electrons. The molecule has 1 amide bonds. The van der Waals surface area contributed by atoms with Crippen LogP contribution < -0.4 is 20.1 Å². The molecule has 0 bridgehead atoms. The number of nitrogens with one attached hydrogen (secondary N) is 2. The number of benzene rings is 2. The number of amides is 1. The minimum atomic E-state index is -0.518. The minimum absolute atomic E-state index is 0.273. The van der Waals surface area contributed by atoms with Crippen LogP contribution in [0.5, 0.6) is 11.5 Å². The van der Waals surface area contributed by atoms with E-state index in [0.29, 0.717) is 40.2 Å². The first-order valence-electron chi connectivity index (χ1n) is 11.0. The lowest BCUT2D eigenvalue weighted by atomic mass is 9.96. The van der Waals surface area contributed by atoms with Crippen LogP contribution in [-0.4, -0.2) is 39.9 Å². The summed E-state index contributed by atoms with van der Waals surface area (Å²) in [6.45, 7) is 1.86. The van der Waals surface area contributed by atoms with Crippen molar-refractivity contribution in [1.29, 1.82) is 0 Å². The van der Waals surface area contributed by atoms with Crippen LogP contribution in [0.25, 0.3) is 11.4 Å². The first-order chi connectivity index (χ1) is 17.1. The average molecular weight is 469 g/mol. The molecule has 176 valence electrons. The summed E-state index contributed by atoms with van der Waals surface area (Å²) in [5.74, 6) is 2.07. The molecule has 0 spiro atoms. The molecule has 1 unspecified atom stereocenters. The summed E-state index contributed by atoms with van der Waals surface area (Å²) in [5, 5.41) is 11.0. The van der Waals surface area contributed by atoms with Crippen molar-refractivity contribution in [3.05, 3.63) is 89.9 Å². The lowest BCUT2D eigenvalue weighted by Crippen LogP contribution is -2.31. The molecular weight excluding hydrogens is 444 g/mol. The van der Waals surface area contributed by atoms with Gasteiger partial charge in [0.05, 0.1) is 25.5 Å². The number of hydrogen-bond donors (Lipinski definition) is 2. The van der Waals surface area contributed by atoms with E-state index in [1.807, 2.05) is 55.5 Å². The second kappa shape index (κ2) is 9.30. The molecule has 2 aromatic carbocycles. The maximum atomic E-state index is 13.6. The Kier molecular flexibility index (Phi) is 5.88. The van der Waals surface area contributed by atoms with E-state index in [4.69, 9.17) is 19.6 Å². The zero-order chi connectivity index (χ0) is 24.4. The molecule has 0 saturated carbocycles. The quantitative estimate of drug-likeness (QED) is 0.435. The van der Waals surface area contributed by atoms with Crippen molar-refractivity contribution in [2.24, 2.45) is 0 Å². The number of rotatable bonds is 6. The molecule has 4 aromatic rings. The highest BCUT2D eigenvalue weighted by molar-refractivity contribution is 6.06. The second-order valence-electron chi connectivity index (χ2n) is 7.94. The van der Waals surface area contributed by atoms with Gasteiger partial charge in [0, 0.05) is 23.7 Å². The molecular formula is C26H24N6O3. The van der Waals surface area contributed by atoms with Crippen molar-refractivity contribution in [2.45, 2.75) is 13.0 Å². The van der Waals surface area contributed by atoms with Gasteiger partial charge in [-0.05, 0) is 48.9 Å². The maximum absolute atomic E-state index is 13.6. The number of fused-ring (bicyclic) bond motifs is 1. The van der Waals surface area contributed by atoms with Crippen LogP contribution in [0.15, 0.2) is 84.3 Å². The molecule has 3 heterocycles. The third kappa shape index (κ3) is 4.19. The number of carbonyl (C=O) groups is 1. The van der Waals surface area contributed by atoms with Gasteiger partial charge in [0.2, 0.25) is 5.95 Å². The number of ether oxygens (including phenoxy) is 2. The van der Waals surface area contributed by atoms with Crippen molar-refractivity contribution in [2.75, 3.05) is 24.9 Å². The molecule has 5 rings (SSSR count). The van der Waals surface area contributed by atoms with E-state index in [-0.39, 0.29) is 5.91 Å². The predicted molar refractivity (Wildman–Crippen MR) is 132 cm³/mol. The topological polar surface area (TPSA) is 103 Å². The lowest BCUT2D eigenvalue weighted by Gasteiger charge is -2.28. The van der Waals surface area contributed by atoms with Crippen LogP contribution in [0.4, 0.5) is 11.6 Å². The molecule has 9 nitrogen and oxygen atoms in total. The standard InChI is InChI=1S/C26H24N6O3/c1-16-22(25(33)29-20-9-4-5-10-21(20)35-3)23(17-11-13-27-14-12-17)32-26(28-16)30-24(31-32)18-7-6-8-19(15-18)34-2/h4-15,23H,1-3H3,(H,29,33)(H,28,30,31). The van der Waals surface area contributed by atoms with E-state index in [0.717, 1.165) is 11.1 Å². The Balaban J connectivity index is 1.58. The Morgan fingerprint density at radius 3 is 2.60 bits per heavy atom. The Morgan fingerprint density at radius 2 is 1.83 bits per heavy atom. The molecule has 2 N–H and O–H groups in total. The van der Waals surface area contributed by atoms with Gasteiger partial charge in [-0.15, -0.1) is 5.10 Å². The molecule has 0 aliphatic carbocycles. The van der Waals surface area contributed by atoms with Gasteiger partial charge in [0.15, 0.2) is 5.82 Å². The summed E-state index contributed by atoms with van der Waals surface area (Å²) in [4.78, 5) is 22.5. The summed E-state index contributed by atoms with van der Waals surface area (Å²) in [7, 11) is 3.19. The van der Waals surface area contributed by atoms with Crippen LogP contribution >= 0.6 is 0 Å². The van der Waals surface area contributed by atoms with Gasteiger partial charge >= 0.3 is 0 Å². The van der Waals surface area contributed by atoms with Crippen LogP contribution in [0.3, 0.4) is 0 Å². The van der Waals surface area contributed by atoms with Gasteiger partial charge in [0.1, 0.15) is 17.5 Å². The highest BCUT2D eigenvalue weighted by Crippen LogP contribution is 2.37. The fraction of sp³-hybridized carbons (Fsp3) is 0.154. The van der Waals surface area contributed by atoms with E-state index in [1.54, 1.807) is 43.4 Å². The Morgan fingerprint density at radius 1 is 1.03 bits per heavy atom. The van der Waals surface area contributed by atoms with Crippen molar-refractivity contribution >= 4 is 17.5 Å². The third-order valence-corrected chi connectivity index (χ3v) is 5.80. The zero-order valence-corrected chi connectivity index (χ0v) is 19.5. The van der Waals surface area contributed by atoms with E-state index >= 15 is 0 Å². The molecule has 1 atom stereocenters. The van der Waals surface area contributed by atoms with E-state index in [1.165, 1.54) is 0 Å².